The first-order valence-electron chi connectivity index (χ1n) is 11.6. The van der Waals surface area contributed by atoms with Crippen LogP contribution in [0.15, 0.2) is 66.2 Å². The van der Waals surface area contributed by atoms with Crippen molar-refractivity contribution >= 4 is 28.8 Å². The second kappa shape index (κ2) is 10.1. The van der Waals surface area contributed by atoms with Gasteiger partial charge in [0.25, 0.3) is 17.4 Å². The van der Waals surface area contributed by atoms with Crippen LogP contribution in [0.25, 0.3) is 5.76 Å². The molecule has 0 radical (unpaired) electrons. The number of hydrogen-bond donors (Lipinski definition) is 1. The van der Waals surface area contributed by atoms with E-state index in [2.05, 4.69) is 0 Å². The molecule has 0 bridgehead atoms. The number of nitrogens with zero attached hydrogens (tertiary/aromatic N) is 2. The average Bonchev–Trinajstić information content (AvgIpc) is 3.15. The lowest BCUT2D eigenvalue weighted by atomic mass is 9.94. The molecular formula is C28H26N2O7. The number of nitro groups is 1. The molecule has 1 unspecified atom stereocenters. The van der Waals surface area contributed by atoms with Gasteiger partial charge in [0, 0.05) is 23.4 Å². The highest BCUT2D eigenvalue weighted by molar-refractivity contribution is 6.51. The van der Waals surface area contributed by atoms with Gasteiger partial charge in [0.05, 0.1) is 30.3 Å². The van der Waals surface area contributed by atoms with Gasteiger partial charge in [-0.3, -0.25) is 24.6 Å². The van der Waals surface area contributed by atoms with Gasteiger partial charge in [0.1, 0.15) is 5.76 Å². The lowest BCUT2D eigenvalue weighted by Crippen LogP contribution is -2.30. The summed E-state index contributed by atoms with van der Waals surface area (Å²) in [6, 6.07) is 14.7. The van der Waals surface area contributed by atoms with Crippen LogP contribution in [0.5, 0.6) is 11.5 Å². The summed E-state index contributed by atoms with van der Waals surface area (Å²) in [5.41, 5.74) is 2.34. The number of ketones is 1. The van der Waals surface area contributed by atoms with Crippen LogP contribution in [-0.2, 0) is 9.59 Å². The SMILES string of the molecule is CCOc1cc(C2/C(=C(\O)c3cccc([N+](=O)[O-])c3)C(=O)C(=O)N2c2cccc(C)c2C)ccc1OC. The predicted octanol–water partition coefficient (Wildman–Crippen LogP) is 5.25. The third-order valence-electron chi connectivity index (χ3n) is 6.41. The highest BCUT2D eigenvalue weighted by Crippen LogP contribution is 2.45. The number of methoxy groups -OCH3 is 1. The Kier molecular flexibility index (Phi) is 6.97. The predicted molar refractivity (Wildman–Crippen MR) is 138 cm³/mol. The van der Waals surface area contributed by atoms with Crippen molar-refractivity contribution in [3.05, 3.63) is 98.6 Å². The standard InChI is InChI=1S/C28H26N2O7/c1-5-37-23-15-18(12-13-22(23)36-4)25-24(26(31)19-9-7-10-20(14-19)30(34)35)27(32)28(33)29(25)21-11-6-8-16(2)17(21)3/h6-15,25,31H,5H2,1-4H3/b26-24+. The summed E-state index contributed by atoms with van der Waals surface area (Å²) >= 11 is 0. The van der Waals surface area contributed by atoms with Crippen LogP contribution < -0.4 is 14.4 Å². The third-order valence-corrected chi connectivity index (χ3v) is 6.41. The molecule has 37 heavy (non-hydrogen) atoms. The molecule has 0 spiro atoms. The van der Waals surface area contributed by atoms with Crippen LogP contribution in [0, 0.1) is 24.0 Å². The Morgan fingerprint density at radius 2 is 1.78 bits per heavy atom. The molecule has 1 amide bonds. The maximum atomic E-state index is 13.5. The Morgan fingerprint density at radius 1 is 1.05 bits per heavy atom. The fourth-order valence-corrected chi connectivity index (χ4v) is 4.45. The van der Waals surface area contributed by atoms with Crippen molar-refractivity contribution in [2.24, 2.45) is 0 Å². The largest absolute Gasteiger partial charge is 0.507 e. The maximum Gasteiger partial charge on any atom is 0.300 e. The van der Waals surface area contributed by atoms with Gasteiger partial charge < -0.3 is 14.6 Å². The minimum absolute atomic E-state index is 0.0525. The molecule has 0 saturated carbocycles. The van der Waals surface area contributed by atoms with E-state index in [1.807, 2.05) is 26.8 Å². The second-order valence-corrected chi connectivity index (χ2v) is 8.54. The van der Waals surface area contributed by atoms with Crippen LogP contribution in [0.2, 0.25) is 0 Å². The van der Waals surface area contributed by atoms with E-state index < -0.39 is 28.4 Å². The van der Waals surface area contributed by atoms with E-state index in [4.69, 9.17) is 9.47 Å². The molecule has 1 aliphatic rings. The number of rotatable bonds is 7. The molecule has 4 rings (SSSR count). The molecule has 190 valence electrons. The van der Waals surface area contributed by atoms with E-state index in [9.17, 15) is 24.8 Å². The molecule has 1 atom stereocenters. The number of amides is 1. The Hall–Kier alpha value is -4.66. The molecule has 1 fully saturated rings. The number of carbonyl (C=O) groups excluding carboxylic acids is 2. The zero-order valence-corrected chi connectivity index (χ0v) is 20.8. The number of benzene rings is 3. The number of carbonyl (C=O) groups is 2. The zero-order chi connectivity index (χ0) is 26.9. The number of ether oxygens (including phenoxy) is 2. The topological polar surface area (TPSA) is 119 Å². The summed E-state index contributed by atoms with van der Waals surface area (Å²) in [7, 11) is 1.50. The third kappa shape index (κ3) is 4.51. The molecule has 1 N–H and O–H groups in total. The van der Waals surface area contributed by atoms with E-state index in [0.717, 1.165) is 17.2 Å². The van der Waals surface area contributed by atoms with Crippen molar-refractivity contribution in [2.75, 3.05) is 18.6 Å². The quantitative estimate of drug-likeness (QED) is 0.154. The lowest BCUT2D eigenvalue weighted by Gasteiger charge is -2.28. The number of non-ortho nitro benzene ring substituents is 1. The Labute approximate surface area is 213 Å². The van der Waals surface area contributed by atoms with Gasteiger partial charge in [-0.1, -0.05) is 30.3 Å². The van der Waals surface area contributed by atoms with E-state index in [1.165, 1.54) is 30.2 Å². The molecule has 0 aliphatic carbocycles. The number of nitro benzene ring substituents is 1. The van der Waals surface area contributed by atoms with E-state index >= 15 is 0 Å². The maximum absolute atomic E-state index is 13.5. The first-order valence-corrected chi connectivity index (χ1v) is 11.6. The fourth-order valence-electron chi connectivity index (χ4n) is 4.45. The molecule has 9 nitrogen and oxygen atoms in total. The number of Topliss-reactive ketones (excluding diaryl/α,β-unsaturated/α-hetero) is 1. The molecule has 1 aliphatic heterocycles. The molecule has 1 saturated heterocycles. The smallest absolute Gasteiger partial charge is 0.300 e. The van der Waals surface area contributed by atoms with Crippen molar-refractivity contribution in [3.8, 4) is 11.5 Å². The van der Waals surface area contributed by atoms with Gasteiger partial charge in [-0.15, -0.1) is 0 Å². The highest BCUT2D eigenvalue weighted by atomic mass is 16.6. The van der Waals surface area contributed by atoms with Crippen LogP contribution in [0.3, 0.4) is 0 Å². The highest BCUT2D eigenvalue weighted by Gasteiger charge is 2.47. The summed E-state index contributed by atoms with van der Waals surface area (Å²) in [4.78, 5) is 39.0. The monoisotopic (exact) mass is 502 g/mol. The van der Waals surface area contributed by atoms with E-state index in [0.29, 0.717) is 29.4 Å². The molecule has 1 heterocycles. The van der Waals surface area contributed by atoms with Gasteiger partial charge in [-0.2, -0.15) is 0 Å². The minimum atomic E-state index is -1.02. The molecule has 3 aromatic rings. The molecule has 9 heteroatoms. The van der Waals surface area contributed by atoms with E-state index in [1.54, 1.807) is 30.3 Å². The number of anilines is 1. The summed E-state index contributed by atoms with van der Waals surface area (Å²) in [5.74, 6) is -1.35. The van der Waals surface area contributed by atoms with Gasteiger partial charge >= 0.3 is 0 Å². The van der Waals surface area contributed by atoms with Crippen LogP contribution in [0.1, 0.15) is 35.2 Å². The number of aliphatic hydroxyl groups is 1. The molecular weight excluding hydrogens is 476 g/mol. The number of aryl methyl sites for hydroxylation is 1. The van der Waals surface area contributed by atoms with Crippen LogP contribution >= 0.6 is 0 Å². The fraction of sp³-hybridized carbons (Fsp3) is 0.214. The van der Waals surface area contributed by atoms with Crippen molar-refractivity contribution in [1.29, 1.82) is 0 Å². The van der Waals surface area contributed by atoms with Gasteiger partial charge in [-0.05, 0) is 55.7 Å². The second-order valence-electron chi connectivity index (χ2n) is 8.54. The van der Waals surface area contributed by atoms with Gasteiger partial charge in [0.2, 0.25) is 0 Å². The van der Waals surface area contributed by atoms with Crippen LogP contribution in [0.4, 0.5) is 11.4 Å². The summed E-state index contributed by atoms with van der Waals surface area (Å²) in [6.45, 7) is 5.91. The van der Waals surface area contributed by atoms with Crippen LogP contribution in [-0.4, -0.2) is 35.4 Å². The lowest BCUT2D eigenvalue weighted by molar-refractivity contribution is -0.384. The summed E-state index contributed by atoms with van der Waals surface area (Å²) in [5, 5.41) is 22.6. The van der Waals surface area contributed by atoms with Crippen molar-refractivity contribution in [2.45, 2.75) is 26.8 Å². The van der Waals surface area contributed by atoms with Crippen molar-refractivity contribution < 1.29 is 29.1 Å². The Bertz CT molecular complexity index is 1440. The number of hydrogen-bond acceptors (Lipinski definition) is 7. The normalized spacial score (nSPS) is 16.6. The summed E-state index contributed by atoms with van der Waals surface area (Å²) < 4.78 is 11.1. The number of aliphatic hydroxyl groups excluding tert-OH is 1. The van der Waals surface area contributed by atoms with Crippen molar-refractivity contribution in [3.63, 3.8) is 0 Å². The Balaban J connectivity index is 2.01. The summed E-state index contributed by atoms with van der Waals surface area (Å²) in [6.07, 6.45) is 0. The van der Waals surface area contributed by atoms with E-state index in [-0.39, 0.29) is 16.8 Å². The minimum Gasteiger partial charge on any atom is -0.507 e. The Morgan fingerprint density at radius 3 is 2.46 bits per heavy atom. The zero-order valence-electron chi connectivity index (χ0n) is 20.8. The first kappa shape index (κ1) is 25.4. The first-order chi connectivity index (χ1) is 17.7. The molecule has 3 aromatic carbocycles. The van der Waals surface area contributed by atoms with Crippen molar-refractivity contribution in [1.82, 2.24) is 0 Å². The average molecular weight is 503 g/mol. The molecule has 0 aromatic heterocycles. The van der Waals surface area contributed by atoms with Gasteiger partial charge in [-0.25, -0.2) is 0 Å². The van der Waals surface area contributed by atoms with Gasteiger partial charge in [0.15, 0.2) is 11.5 Å².